The van der Waals surface area contributed by atoms with Crippen LogP contribution in [0, 0.1) is 5.82 Å². The number of hydrogen-bond donors (Lipinski definition) is 3. The van der Waals surface area contributed by atoms with Crippen molar-refractivity contribution >= 4 is 29.7 Å². The molecule has 1 saturated heterocycles. The summed E-state index contributed by atoms with van der Waals surface area (Å²) >= 11 is 0. The summed E-state index contributed by atoms with van der Waals surface area (Å²) in [5.74, 6) is -3.00. The second-order valence-corrected chi connectivity index (χ2v) is 9.35. The number of para-hydroxylation sites is 1. The smallest absolute Gasteiger partial charge is 0.400 e. The van der Waals surface area contributed by atoms with Gasteiger partial charge in [-0.25, -0.2) is 9.38 Å². The molecular formula is C30H27F4N5O3. The fraction of sp³-hybridized carbons (Fsp3) is 0.200. The average molecular weight is 582 g/mol. The van der Waals surface area contributed by atoms with E-state index in [0.717, 1.165) is 12.1 Å². The fourth-order valence-electron chi connectivity index (χ4n) is 4.74. The lowest BCUT2D eigenvalue weighted by Gasteiger charge is -2.41. The Kier molecular flexibility index (Phi) is 9.04. The Morgan fingerprint density at radius 2 is 1.74 bits per heavy atom. The van der Waals surface area contributed by atoms with Crippen molar-refractivity contribution < 1.29 is 31.9 Å². The van der Waals surface area contributed by atoms with Crippen LogP contribution in [0.25, 0.3) is 0 Å². The minimum absolute atomic E-state index is 0.0917. The van der Waals surface area contributed by atoms with Crippen molar-refractivity contribution in [1.82, 2.24) is 15.5 Å². The Labute approximate surface area is 238 Å². The van der Waals surface area contributed by atoms with Crippen molar-refractivity contribution in [2.45, 2.75) is 25.1 Å². The molecule has 0 bridgehead atoms. The second-order valence-electron chi connectivity index (χ2n) is 9.35. The Morgan fingerprint density at radius 1 is 1.05 bits per heavy atom. The molecule has 3 amide bonds. The largest absolute Gasteiger partial charge is 0.416 e. The molecular weight excluding hydrogens is 554 g/mol. The van der Waals surface area contributed by atoms with Gasteiger partial charge < -0.3 is 16.4 Å². The molecule has 8 nitrogen and oxygen atoms in total. The molecule has 3 aromatic carbocycles. The van der Waals surface area contributed by atoms with E-state index in [1.54, 1.807) is 37.3 Å². The number of hydrogen-bond acceptors (Lipinski definition) is 5. The van der Waals surface area contributed by atoms with Gasteiger partial charge in [0.05, 0.1) is 17.8 Å². The minimum atomic E-state index is -4.69. The van der Waals surface area contributed by atoms with Crippen LogP contribution in [0.3, 0.4) is 0 Å². The topological polar surface area (TPSA) is 117 Å². The first-order valence-corrected chi connectivity index (χ1v) is 12.9. The minimum Gasteiger partial charge on any atom is -0.400 e. The predicted molar refractivity (Wildman–Crippen MR) is 148 cm³/mol. The van der Waals surface area contributed by atoms with Gasteiger partial charge in [0.2, 0.25) is 6.41 Å². The van der Waals surface area contributed by atoms with Gasteiger partial charge in [0, 0.05) is 29.3 Å². The standard InChI is InChI=1S/C30H27F4N5O3/c1-2-39-27(37-22-9-4-3-5-10-22)25(23(35)16-36-17-40)24(18-11-13-21(31)14-12-18)26(29(39)42)38-28(41)19-7-6-8-20(15-19)30(32,33)34/h3-15,17,24,26H,2,16,35H2,1H3,(H,36,40)(H,38,41)/b25-23-,37-27?. The fourth-order valence-corrected chi connectivity index (χ4v) is 4.74. The first-order chi connectivity index (χ1) is 20.0. The van der Waals surface area contributed by atoms with E-state index in [2.05, 4.69) is 10.6 Å². The number of carbonyl (C=O) groups excluding carboxylic acids is 3. The number of benzene rings is 3. The van der Waals surface area contributed by atoms with Crippen LogP contribution in [0.15, 0.2) is 95.1 Å². The highest BCUT2D eigenvalue weighted by Crippen LogP contribution is 2.38. The van der Waals surface area contributed by atoms with Crippen LogP contribution in [0.2, 0.25) is 0 Å². The van der Waals surface area contributed by atoms with E-state index in [-0.39, 0.29) is 35.8 Å². The number of likely N-dealkylation sites (tertiary alicyclic amines) is 1. The van der Waals surface area contributed by atoms with Crippen molar-refractivity contribution in [1.29, 1.82) is 0 Å². The zero-order valence-corrected chi connectivity index (χ0v) is 22.4. The van der Waals surface area contributed by atoms with E-state index in [9.17, 15) is 31.9 Å². The molecule has 0 aliphatic carbocycles. The van der Waals surface area contributed by atoms with Gasteiger partial charge in [0.15, 0.2) is 0 Å². The van der Waals surface area contributed by atoms with E-state index in [4.69, 9.17) is 10.7 Å². The normalized spacial score (nSPS) is 19.4. The van der Waals surface area contributed by atoms with Gasteiger partial charge in [0.1, 0.15) is 17.7 Å². The molecule has 0 radical (unpaired) electrons. The Hall–Kier alpha value is -5.00. The van der Waals surface area contributed by atoms with Crippen molar-refractivity contribution in [3.8, 4) is 0 Å². The number of halogens is 4. The quantitative estimate of drug-likeness (QED) is 0.272. The van der Waals surface area contributed by atoms with Crippen molar-refractivity contribution in [2.24, 2.45) is 10.7 Å². The summed E-state index contributed by atoms with van der Waals surface area (Å²) in [6.45, 7) is 1.62. The molecule has 1 aliphatic heterocycles. The maximum atomic E-state index is 14.0. The van der Waals surface area contributed by atoms with Gasteiger partial charge in [-0.1, -0.05) is 36.4 Å². The molecule has 42 heavy (non-hydrogen) atoms. The number of nitrogens with one attached hydrogen (secondary N) is 2. The number of carbonyl (C=O) groups is 3. The van der Waals surface area contributed by atoms with Crippen LogP contribution < -0.4 is 16.4 Å². The van der Waals surface area contributed by atoms with Gasteiger partial charge in [-0.3, -0.25) is 19.3 Å². The highest BCUT2D eigenvalue weighted by molar-refractivity contribution is 6.15. The molecule has 4 N–H and O–H groups in total. The molecule has 2 unspecified atom stereocenters. The Balaban J connectivity index is 1.91. The third-order valence-corrected chi connectivity index (χ3v) is 6.67. The zero-order chi connectivity index (χ0) is 30.4. The molecule has 1 aliphatic rings. The lowest BCUT2D eigenvalue weighted by atomic mass is 9.78. The second kappa shape index (κ2) is 12.7. The summed E-state index contributed by atoms with van der Waals surface area (Å²) in [5.41, 5.74) is 6.39. The molecule has 2 atom stereocenters. The molecule has 1 heterocycles. The molecule has 4 rings (SSSR count). The lowest BCUT2D eigenvalue weighted by molar-refractivity contribution is -0.137. The Morgan fingerprint density at radius 3 is 2.36 bits per heavy atom. The SMILES string of the molecule is CCN1C(=O)C(NC(=O)c2cccc(C(F)(F)F)c2)C(c2ccc(F)cc2)/C(=C(/N)CNC=O)C1=Nc1ccccc1. The van der Waals surface area contributed by atoms with Crippen LogP contribution in [0.4, 0.5) is 23.2 Å². The van der Waals surface area contributed by atoms with Crippen LogP contribution in [-0.2, 0) is 15.8 Å². The highest BCUT2D eigenvalue weighted by Gasteiger charge is 2.46. The molecule has 0 saturated carbocycles. The van der Waals surface area contributed by atoms with Crippen LogP contribution in [0.5, 0.6) is 0 Å². The highest BCUT2D eigenvalue weighted by atomic mass is 19.4. The summed E-state index contributed by atoms with van der Waals surface area (Å²) in [7, 11) is 0. The molecule has 0 aromatic heterocycles. The number of amidine groups is 1. The summed E-state index contributed by atoms with van der Waals surface area (Å²) < 4.78 is 54.0. The molecule has 218 valence electrons. The van der Waals surface area contributed by atoms with Crippen molar-refractivity contribution in [2.75, 3.05) is 13.1 Å². The van der Waals surface area contributed by atoms with Crippen molar-refractivity contribution in [3.05, 3.63) is 113 Å². The van der Waals surface area contributed by atoms with Gasteiger partial charge in [-0.15, -0.1) is 0 Å². The van der Waals surface area contributed by atoms with Gasteiger partial charge >= 0.3 is 6.18 Å². The zero-order valence-electron chi connectivity index (χ0n) is 22.4. The van der Waals surface area contributed by atoms with E-state index < -0.39 is 41.3 Å². The van der Waals surface area contributed by atoms with E-state index in [1.807, 2.05) is 0 Å². The number of nitrogens with two attached hydrogens (primary N) is 1. The molecule has 12 heteroatoms. The van der Waals surface area contributed by atoms with E-state index in [0.29, 0.717) is 23.7 Å². The first-order valence-electron chi connectivity index (χ1n) is 12.9. The number of rotatable bonds is 8. The van der Waals surface area contributed by atoms with Crippen LogP contribution in [-0.4, -0.2) is 48.1 Å². The lowest BCUT2D eigenvalue weighted by Crippen LogP contribution is -2.59. The van der Waals surface area contributed by atoms with Gasteiger partial charge in [-0.2, -0.15) is 13.2 Å². The number of aliphatic imine (C=N–C) groups is 1. The third-order valence-electron chi connectivity index (χ3n) is 6.67. The number of likely N-dealkylation sites (N-methyl/N-ethyl adjacent to an activating group) is 1. The van der Waals surface area contributed by atoms with E-state index in [1.165, 1.54) is 35.2 Å². The predicted octanol–water partition coefficient (Wildman–Crippen LogP) is 4.28. The maximum Gasteiger partial charge on any atom is 0.416 e. The summed E-state index contributed by atoms with van der Waals surface area (Å²) in [4.78, 5) is 44.5. The third kappa shape index (κ3) is 6.48. The van der Waals surface area contributed by atoms with Crippen LogP contribution >= 0.6 is 0 Å². The van der Waals surface area contributed by atoms with Crippen LogP contribution in [0.1, 0.15) is 34.3 Å². The first kappa shape index (κ1) is 30.0. The number of piperidine rings is 1. The van der Waals surface area contributed by atoms with Gasteiger partial charge in [-0.05, 0) is 55.0 Å². The monoisotopic (exact) mass is 581 g/mol. The number of nitrogens with zero attached hydrogens (tertiary/aromatic N) is 2. The molecule has 0 spiro atoms. The maximum absolute atomic E-state index is 14.0. The number of alkyl halides is 3. The van der Waals surface area contributed by atoms with Crippen molar-refractivity contribution in [3.63, 3.8) is 0 Å². The molecule has 3 aromatic rings. The van der Waals surface area contributed by atoms with E-state index >= 15 is 0 Å². The summed E-state index contributed by atoms with van der Waals surface area (Å²) in [6, 6.07) is 16.3. The number of amides is 3. The summed E-state index contributed by atoms with van der Waals surface area (Å²) in [5, 5.41) is 5.07. The Bertz CT molecular complexity index is 1520. The summed E-state index contributed by atoms with van der Waals surface area (Å²) in [6.07, 6.45) is -4.25. The molecule has 1 fully saturated rings. The average Bonchev–Trinajstić information content (AvgIpc) is 2.98. The van der Waals surface area contributed by atoms with Gasteiger partial charge in [0.25, 0.3) is 11.8 Å².